The molecule has 19 heavy (non-hydrogen) atoms. The minimum absolute atomic E-state index is 0.0968. The predicted molar refractivity (Wildman–Crippen MR) is 78.5 cm³/mol. The van der Waals surface area contributed by atoms with Crippen molar-refractivity contribution in [2.75, 3.05) is 7.11 Å². The molecule has 5 heteroatoms. The molecule has 0 saturated carbocycles. The Hall–Kier alpha value is -0.940. The summed E-state index contributed by atoms with van der Waals surface area (Å²) in [7, 11) is 1.39. The molecule has 0 fully saturated rings. The molecule has 1 aromatic heterocycles. The zero-order valence-corrected chi connectivity index (χ0v) is 13.6. The Morgan fingerprint density at radius 1 is 1.26 bits per heavy atom. The molecule has 1 heterocycles. The Morgan fingerprint density at radius 3 is 2.16 bits per heavy atom. The lowest BCUT2D eigenvalue weighted by Gasteiger charge is -2.25. The molecule has 0 radical (unpaired) electrons. The largest absolute Gasteiger partial charge is 0.465 e. The van der Waals surface area contributed by atoms with E-state index in [1.165, 1.54) is 18.4 Å². The topological polar surface area (TPSA) is 65.2 Å². The number of hydrogen-bond donors (Lipinski definition) is 1. The average Bonchev–Trinajstić information content (AvgIpc) is 2.69. The Kier molecular flexibility index (Phi) is 4.42. The van der Waals surface area contributed by atoms with Crippen molar-refractivity contribution in [2.45, 2.75) is 53.0 Å². The van der Waals surface area contributed by atoms with E-state index in [-0.39, 0.29) is 22.8 Å². The van der Waals surface area contributed by atoms with Crippen LogP contribution in [0.1, 0.15) is 68.0 Å². The standard InChI is InChI=1S/C14H24N2O2S/c1-13(2,3)9(15)11-16-10(14(4,5)6)8(19-11)12(17)18-7/h9H,15H2,1-7H3. The number of esters is 1. The van der Waals surface area contributed by atoms with Gasteiger partial charge in [-0.1, -0.05) is 41.5 Å². The molecular formula is C14H24N2O2S. The summed E-state index contributed by atoms with van der Waals surface area (Å²) in [6.45, 7) is 12.3. The SMILES string of the molecule is COC(=O)c1sc(C(N)C(C)(C)C)nc1C(C)(C)C. The van der Waals surface area contributed by atoms with Gasteiger partial charge in [0.1, 0.15) is 9.88 Å². The lowest BCUT2D eigenvalue weighted by atomic mass is 9.87. The van der Waals surface area contributed by atoms with Crippen molar-refractivity contribution in [3.63, 3.8) is 0 Å². The quantitative estimate of drug-likeness (QED) is 0.846. The minimum Gasteiger partial charge on any atom is -0.465 e. The fraction of sp³-hybridized carbons (Fsp3) is 0.714. The number of methoxy groups -OCH3 is 1. The second kappa shape index (κ2) is 5.21. The fourth-order valence-electron chi connectivity index (χ4n) is 1.58. The summed E-state index contributed by atoms with van der Waals surface area (Å²) in [4.78, 5) is 17.0. The van der Waals surface area contributed by atoms with Gasteiger partial charge in [0.05, 0.1) is 18.8 Å². The lowest BCUT2D eigenvalue weighted by Crippen LogP contribution is -2.26. The molecule has 0 bridgehead atoms. The molecule has 4 nitrogen and oxygen atoms in total. The number of carbonyl (C=O) groups excluding carboxylic acids is 1. The molecule has 1 rings (SSSR count). The number of hydrogen-bond acceptors (Lipinski definition) is 5. The van der Waals surface area contributed by atoms with Crippen LogP contribution in [0, 0.1) is 5.41 Å². The maximum Gasteiger partial charge on any atom is 0.350 e. The van der Waals surface area contributed by atoms with E-state index < -0.39 is 0 Å². The summed E-state index contributed by atoms with van der Waals surface area (Å²) in [6.07, 6.45) is 0. The Bertz CT molecular complexity index is 467. The highest BCUT2D eigenvalue weighted by molar-refractivity contribution is 7.13. The van der Waals surface area contributed by atoms with Gasteiger partial charge < -0.3 is 10.5 Å². The summed E-state index contributed by atoms with van der Waals surface area (Å²) >= 11 is 1.34. The van der Waals surface area contributed by atoms with Crippen molar-refractivity contribution in [3.8, 4) is 0 Å². The summed E-state index contributed by atoms with van der Waals surface area (Å²) in [6, 6.07) is -0.197. The van der Waals surface area contributed by atoms with Crippen LogP contribution in [0.3, 0.4) is 0 Å². The second-order valence-corrected chi connectivity index (χ2v) is 7.85. The van der Waals surface area contributed by atoms with Gasteiger partial charge in [-0.15, -0.1) is 11.3 Å². The molecule has 0 aliphatic rings. The molecule has 0 aliphatic carbocycles. The first kappa shape index (κ1) is 16.1. The maximum atomic E-state index is 11.9. The number of rotatable bonds is 2. The zero-order chi connectivity index (χ0) is 15.0. The molecule has 0 amide bonds. The highest BCUT2D eigenvalue weighted by Gasteiger charge is 2.32. The minimum atomic E-state index is -0.338. The summed E-state index contributed by atoms with van der Waals surface area (Å²) < 4.78 is 4.84. The fourth-order valence-corrected chi connectivity index (χ4v) is 3.02. The van der Waals surface area contributed by atoms with Crippen LogP contribution >= 0.6 is 11.3 Å². The van der Waals surface area contributed by atoms with Gasteiger partial charge in [-0.25, -0.2) is 9.78 Å². The molecule has 0 saturated heterocycles. The van der Waals surface area contributed by atoms with Crippen LogP contribution in [0.4, 0.5) is 0 Å². The van der Waals surface area contributed by atoms with Gasteiger partial charge in [-0.2, -0.15) is 0 Å². The van der Waals surface area contributed by atoms with Gasteiger partial charge in [-0.3, -0.25) is 0 Å². The summed E-state index contributed by atoms with van der Waals surface area (Å²) in [5.41, 5.74) is 6.69. The first-order valence-corrected chi connectivity index (χ1v) is 7.15. The monoisotopic (exact) mass is 284 g/mol. The van der Waals surface area contributed by atoms with Crippen molar-refractivity contribution in [3.05, 3.63) is 15.6 Å². The number of aromatic nitrogens is 1. The third kappa shape index (κ3) is 3.54. The Labute approximate surface area is 119 Å². The predicted octanol–water partition coefficient (Wildman–Crippen LogP) is 3.27. The van der Waals surface area contributed by atoms with E-state index >= 15 is 0 Å². The van der Waals surface area contributed by atoms with Crippen molar-refractivity contribution < 1.29 is 9.53 Å². The van der Waals surface area contributed by atoms with E-state index in [0.29, 0.717) is 4.88 Å². The van der Waals surface area contributed by atoms with Gasteiger partial charge in [0, 0.05) is 5.41 Å². The molecular weight excluding hydrogens is 260 g/mol. The molecule has 2 N–H and O–H groups in total. The molecule has 1 atom stereocenters. The van der Waals surface area contributed by atoms with Gasteiger partial charge in [0.25, 0.3) is 0 Å². The van der Waals surface area contributed by atoms with Crippen LogP contribution in [-0.2, 0) is 10.2 Å². The summed E-state index contributed by atoms with van der Waals surface area (Å²) in [5.74, 6) is -0.338. The molecule has 0 aliphatic heterocycles. The van der Waals surface area contributed by atoms with E-state index in [1.54, 1.807) is 0 Å². The molecule has 1 unspecified atom stereocenters. The highest BCUT2D eigenvalue weighted by atomic mass is 32.1. The maximum absolute atomic E-state index is 11.9. The van der Waals surface area contributed by atoms with E-state index in [9.17, 15) is 4.79 Å². The van der Waals surface area contributed by atoms with Crippen LogP contribution in [-0.4, -0.2) is 18.1 Å². The smallest absolute Gasteiger partial charge is 0.350 e. The van der Waals surface area contributed by atoms with Crippen molar-refractivity contribution in [1.29, 1.82) is 0 Å². The van der Waals surface area contributed by atoms with E-state index in [4.69, 9.17) is 10.5 Å². The third-order valence-electron chi connectivity index (χ3n) is 2.92. The zero-order valence-electron chi connectivity index (χ0n) is 12.8. The lowest BCUT2D eigenvalue weighted by molar-refractivity contribution is 0.0603. The van der Waals surface area contributed by atoms with Gasteiger partial charge in [0.15, 0.2) is 0 Å². The first-order chi connectivity index (χ1) is 8.48. The molecule has 108 valence electrons. The average molecular weight is 284 g/mol. The van der Waals surface area contributed by atoms with Crippen molar-refractivity contribution >= 4 is 17.3 Å². The number of ether oxygens (including phenoxy) is 1. The Morgan fingerprint density at radius 2 is 1.79 bits per heavy atom. The van der Waals surface area contributed by atoms with E-state index in [1.807, 2.05) is 20.8 Å². The third-order valence-corrected chi connectivity index (χ3v) is 4.04. The van der Waals surface area contributed by atoms with E-state index in [2.05, 4.69) is 25.8 Å². The van der Waals surface area contributed by atoms with Gasteiger partial charge in [-0.05, 0) is 5.41 Å². The van der Waals surface area contributed by atoms with Crippen molar-refractivity contribution in [2.24, 2.45) is 11.1 Å². The first-order valence-electron chi connectivity index (χ1n) is 6.33. The van der Waals surface area contributed by atoms with Gasteiger partial charge >= 0.3 is 5.97 Å². The van der Waals surface area contributed by atoms with Crippen LogP contribution in [0.25, 0.3) is 0 Å². The number of nitrogens with zero attached hydrogens (tertiary/aromatic N) is 1. The normalized spacial score (nSPS) is 14.3. The number of nitrogens with two attached hydrogens (primary N) is 1. The molecule has 0 aromatic carbocycles. The van der Waals surface area contributed by atoms with Crippen LogP contribution < -0.4 is 5.73 Å². The Balaban J connectivity index is 3.33. The van der Waals surface area contributed by atoms with E-state index in [0.717, 1.165) is 10.7 Å². The summed E-state index contributed by atoms with van der Waals surface area (Å²) in [5, 5.41) is 0.790. The number of carbonyl (C=O) groups is 1. The van der Waals surface area contributed by atoms with Crippen LogP contribution in [0.2, 0.25) is 0 Å². The highest BCUT2D eigenvalue weighted by Crippen LogP contribution is 2.37. The van der Waals surface area contributed by atoms with Gasteiger partial charge in [0.2, 0.25) is 0 Å². The van der Waals surface area contributed by atoms with Crippen LogP contribution in [0.15, 0.2) is 0 Å². The second-order valence-electron chi connectivity index (χ2n) is 6.82. The van der Waals surface area contributed by atoms with Crippen molar-refractivity contribution in [1.82, 2.24) is 4.98 Å². The molecule has 0 spiro atoms. The molecule has 1 aromatic rings. The van der Waals surface area contributed by atoms with Crippen LogP contribution in [0.5, 0.6) is 0 Å². The number of thiazole rings is 1.